The van der Waals surface area contributed by atoms with Gasteiger partial charge in [-0.25, -0.2) is 0 Å². The van der Waals surface area contributed by atoms with Crippen LogP contribution in [0.15, 0.2) is 18.2 Å². The first-order valence-corrected chi connectivity index (χ1v) is 7.93. The minimum Gasteiger partial charge on any atom is -0.497 e. The highest BCUT2D eigenvalue weighted by molar-refractivity contribution is 5.40. The fourth-order valence-electron chi connectivity index (χ4n) is 3.68. The zero-order valence-electron chi connectivity index (χ0n) is 13.0. The van der Waals surface area contributed by atoms with E-state index >= 15 is 0 Å². The van der Waals surface area contributed by atoms with E-state index in [-0.39, 0.29) is 6.04 Å². The van der Waals surface area contributed by atoms with Crippen molar-refractivity contribution in [2.75, 3.05) is 27.3 Å². The molecule has 1 saturated heterocycles. The second-order valence-corrected chi connectivity index (χ2v) is 6.27. The summed E-state index contributed by atoms with van der Waals surface area (Å²) < 4.78 is 11.1. The number of hydrogen-bond donors (Lipinski definition) is 1. The Morgan fingerprint density at radius 1 is 1.38 bits per heavy atom. The Kier molecular flexibility index (Phi) is 4.48. The molecule has 1 heterocycles. The van der Waals surface area contributed by atoms with Crippen LogP contribution in [0, 0.1) is 0 Å². The molecule has 0 amide bonds. The van der Waals surface area contributed by atoms with Crippen molar-refractivity contribution in [2.24, 2.45) is 5.73 Å². The molecule has 3 unspecified atom stereocenters. The van der Waals surface area contributed by atoms with E-state index in [0.717, 1.165) is 31.7 Å². The van der Waals surface area contributed by atoms with Crippen molar-refractivity contribution in [3.63, 3.8) is 0 Å². The predicted octanol–water partition coefficient (Wildman–Crippen LogP) is 2.12. The Morgan fingerprint density at radius 2 is 2.24 bits per heavy atom. The Balaban J connectivity index is 1.70. The molecule has 3 rings (SSSR count). The van der Waals surface area contributed by atoms with Crippen LogP contribution >= 0.6 is 0 Å². The summed E-state index contributed by atoms with van der Waals surface area (Å²) in [6.07, 6.45) is 4.93. The van der Waals surface area contributed by atoms with Crippen LogP contribution in [-0.2, 0) is 11.2 Å². The van der Waals surface area contributed by atoms with Crippen molar-refractivity contribution in [1.82, 2.24) is 4.90 Å². The maximum absolute atomic E-state index is 6.53. The van der Waals surface area contributed by atoms with E-state index in [1.54, 1.807) is 7.11 Å². The largest absolute Gasteiger partial charge is 0.497 e. The third-order valence-corrected chi connectivity index (χ3v) is 4.91. The number of methoxy groups -OCH3 is 1. The van der Waals surface area contributed by atoms with Crippen LogP contribution in [0.3, 0.4) is 0 Å². The maximum atomic E-state index is 6.53. The number of fused-ring (bicyclic) bond motifs is 1. The molecule has 1 aliphatic carbocycles. The summed E-state index contributed by atoms with van der Waals surface area (Å²) in [6, 6.07) is 6.75. The molecule has 2 N–H and O–H groups in total. The van der Waals surface area contributed by atoms with Crippen molar-refractivity contribution in [2.45, 2.75) is 43.9 Å². The quantitative estimate of drug-likeness (QED) is 0.923. The molecule has 116 valence electrons. The molecule has 3 atom stereocenters. The van der Waals surface area contributed by atoms with E-state index in [0.29, 0.717) is 12.1 Å². The van der Waals surface area contributed by atoms with Gasteiger partial charge in [0.25, 0.3) is 0 Å². The van der Waals surface area contributed by atoms with Gasteiger partial charge < -0.3 is 15.2 Å². The molecule has 1 aliphatic heterocycles. The van der Waals surface area contributed by atoms with Crippen LogP contribution in [0.2, 0.25) is 0 Å². The van der Waals surface area contributed by atoms with Gasteiger partial charge in [-0.15, -0.1) is 0 Å². The lowest BCUT2D eigenvalue weighted by atomic mass is 9.83. The predicted molar refractivity (Wildman–Crippen MR) is 83.6 cm³/mol. The number of hydrogen-bond acceptors (Lipinski definition) is 4. The molecule has 1 fully saturated rings. The Hall–Kier alpha value is -1.10. The van der Waals surface area contributed by atoms with Gasteiger partial charge in [0.2, 0.25) is 0 Å². The summed E-state index contributed by atoms with van der Waals surface area (Å²) in [5.41, 5.74) is 9.14. The normalized spacial score (nSPS) is 28.7. The molecule has 0 saturated carbocycles. The van der Waals surface area contributed by atoms with E-state index in [1.807, 2.05) is 6.07 Å². The third-order valence-electron chi connectivity index (χ3n) is 4.91. The maximum Gasteiger partial charge on any atom is 0.119 e. The number of likely N-dealkylation sites (N-methyl/N-ethyl adjacent to an activating group) is 1. The molecule has 21 heavy (non-hydrogen) atoms. The summed E-state index contributed by atoms with van der Waals surface area (Å²) in [5.74, 6) is 0.923. The fourth-order valence-corrected chi connectivity index (χ4v) is 3.68. The highest BCUT2D eigenvalue weighted by Gasteiger charge is 2.31. The third kappa shape index (κ3) is 3.07. The lowest BCUT2D eigenvalue weighted by Crippen LogP contribution is -2.46. The van der Waals surface area contributed by atoms with E-state index in [2.05, 4.69) is 24.1 Å². The number of benzene rings is 1. The Bertz CT molecular complexity index is 486. The number of nitrogens with zero attached hydrogens (tertiary/aromatic N) is 1. The van der Waals surface area contributed by atoms with E-state index in [1.165, 1.54) is 24.0 Å². The minimum absolute atomic E-state index is 0.0751. The molecule has 2 aliphatic rings. The Labute approximate surface area is 127 Å². The van der Waals surface area contributed by atoms with Crippen LogP contribution in [-0.4, -0.2) is 44.4 Å². The molecule has 0 aromatic heterocycles. The van der Waals surface area contributed by atoms with Gasteiger partial charge in [-0.1, -0.05) is 6.07 Å². The number of nitrogens with two attached hydrogens (primary N) is 1. The van der Waals surface area contributed by atoms with Crippen LogP contribution < -0.4 is 10.5 Å². The molecular formula is C17H26N2O2. The highest BCUT2D eigenvalue weighted by Crippen LogP contribution is 2.33. The fraction of sp³-hybridized carbons (Fsp3) is 0.647. The van der Waals surface area contributed by atoms with Gasteiger partial charge >= 0.3 is 0 Å². The molecule has 4 nitrogen and oxygen atoms in total. The molecule has 1 aromatic carbocycles. The van der Waals surface area contributed by atoms with Gasteiger partial charge in [-0.3, -0.25) is 4.90 Å². The summed E-state index contributed by atoms with van der Waals surface area (Å²) >= 11 is 0. The molecule has 0 spiro atoms. The van der Waals surface area contributed by atoms with Crippen molar-refractivity contribution >= 4 is 0 Å². The van der Waals surface area contributed by atoms with Crippen LogP contribution in [0.4, 0.5) is 0 Å². The van der Waals surface area contributed by atoms with Gasteiger partial charge in [0, 0.05) is 25.2 Å². The van der Waals surface area contributed by atoms with Gasteiger partial charge in [0.05, 0.1) is 13.2 Å². The second kappa shape index (κ2) is 6.34. The summed E-state index contributed by atoms with van der Waals surface area (Å²) in [4.78, 5) is 2.40. The average Bonchev–Trinajstić information content (AvgIpc) is 3.00. The van der Waals surface area contributed by atoms with Crippen LogP contribution in [0.5, 0.6) is 5.75 Å². The summed E-state index contributed by atoms with van der Waals surface area (Å²) in [5, 5.41) is 0. The minimum atomic E-state index is 0.0751. The molecule has 4 heteroatoms. The van der Waals surface area contributed by atoms with Crippen molar-refractivity contribution < 1.29 is 9.47 Å². The lowest BCUT2D eigenvalue weighted by Gasteiger charge is -2.38. The molecular weight excluding hydrogens is 264 g/mol. The highest BCUT2D eigenvalue weighted by atomic mass is 16.5. The van der Waals surface area contributed by atoms with Gasteiger partial charge in [0.1, 0.15) is 5.75 Å². The zero-order valence-corrected chi connectivity index (χ0v) is 13.0. The first-order valence-electron chi connectivity index (χ1n) is 7.93. The van der Waals surface area contributed by atoms with Gasteiger partial charge in [-0.2, -0.15) is 0 Å². The smallest absolute Gasteiger partial charge is 0.119 e. The standard InChI is InChI=1S/C17H26N2O2/c1-19(11-14-4-3-9-21-14)16-8-5-12-10-13(20-2)6-7-15(12)17(16)18/h6-7,10,14,16-17H,3-5,8-9,11,18H2,1-2H3. The van der Waals surface area contributed by atoms with E-state index < -0.39 is 0 Å². The summed E-state index contributed by atoms with van der Waals surface area (Å²) in [7, 11) is 3.89. The number of rotatable bonds is 4. The summed E-state index contributed by atoms with van der Waals surface area (Å²) in [6.45, 7) is 1.90. The van der Waals surface area contributed by atoms with E-state index in [9.17, 15) is 0 Å². The van der Waals surface area contributed by atoms with Gasteiger partial charge in [0.15, 0.2) is 0 Å². The number of ether oxygens (including phenoxy) is 2. The van der Waals surface area contributed by atoms with Crippen molar-refractivity contribution in [3.05, 3.63) is 29.3 Å². The van der Waals surface area contributed by atoms with Crippen molar-refractivity contribution in [1.29, 1.82) is 0 Å². The zero-order chi connectivity index (χ0) is 14.8. The number of aryl methyl sites for hydroxylation is 1. The molecule has 0 radical (unpaired) electrons. The monoisotopic (exact) mass is 290 g/mol. The Morgan fingerprint density at radius 3 is 2.95 bits per heavy atom. The second-order valence-electron chi connectivity index (χ2n) is 6.27. The first kappa shape index (κ1) is 14.8. The average molecular weight is 290 g/mol. The van der Waals surface area contributed by atoms with Crippen LogP contribution in [0.25, 0.3) is 0 Å². The first-order chi connectivity index (χ1) is 10.2. The van der Waals surface area contributed by atoms with Gasteiger partial charge in [-0.05, 0) is 56.0 Å². The SMILES string of the molecule is COc1ccc2c(c1)CCC(N(C)CC1CCCO1)C2N. The van der Waals surface area contributed by atoms with Crippen LogP contribution in [0.1, 0.15) is 36.4 Å². The topological polar surface area (TPSA) is 47.7 Å². The lowest BCUT2D eigenvalue weighted by molar-refractivity contribution is 0.0602. The molecule has 1 aromatic rings. The van der Waals surface area contributed by atoms with Crippen molar-refractivity contribution in [3.8, 4) is 5.75 Å². The molecule has 0 bridgehead atoms. The van der Waals surface area contributed by atoms with E-state index in [4.69, 9.17) is 15.2 Å².